The van der Waals surface area contributed by atoms with Gasteiger partial charge in [0.25, 0.3) is 0 Å². The number of rotatable bonds is 6. The number of nitrogens with zero attached hydrogens (tertiary/aromatic N) is 1. The van der Waals surface area contributed by atoms with Crippen LogP contribution in [-0.4, -0.2) is 51.4 Å². The lowest BCUT2D eigenvalue weighted by atomic mass is 10.1. The van der Waals surface area contributed by atoms with Crippen molar-refractivity contribution in [3.05, 3.63) is 29.3 Å². The molecule has 1 aromatic rings. The minimum Gasteiger partial charge on any atom is -0.748 e. The Balaban J connectivity index is 1.77. The highest BCUT2D eigenvalue weighted by atomic mass is 32.2. The van der Waals surface area contributed by atoms with E-state index in [9.17, 15) is 13.0 Å². The van der Waals surface area contributed by atoms with Crippen molar-refractivity contribution in [2.24, 2.45) is 0 Å². The Morgan fingerprint density at radius 2 is 1.86 bits per heavy atom. The summed E-state index contributed by atoms with van der Waals surface area (Å²) in [6.45, 7) is 9.46. The van der Waals surface area contributed by atoms with Crippen molar-refractivity contribution in [2.45, 2.75) is 26.7 Å². The molecule has 0 aliphatic carbocycles. The minimum absolute atomic E-state index is 0.227. The Morgan fingerprint density at radius 3 is 2.50 bits per heavy atom. The number of quaternary nitrogens is 1. The van der Waals surface area contributed by atoms with Gasteiger partial charge in [-0.1, -0.05) is 12.1 Å². The summed E-state index contributed by atoms with van der Waals surface area (Å²) in [4.78, 5) is 3.94. The first-order valence-corrected chi connectivity index (χ1v) is 9.53. The van der Waals surface area contributed by atoms with Crippen LogP contribution in [0.2, 0.25) is 0 Å². The van der Waals surface area contributed by atoms with E-state index in [4.69, 9.17) is 0 Å². The molecule has 1 N–H and O–H groups in total. The number of aryl methyl sites for hydroxylation is 1. The largest absolute Gasteiger partial charge is 0.748 e. The molecule has 1 heterocycles. The Kier molecular flexibility index (Phi) is 5.83. The lowest BCUT2D eigenvalue weighted by Crippen LogP contribution is -3.14. The van der Waals surface area contributed by atoms with Crippen LogP contribution < -0.4 is 9.80 Å². The van der Waals surface area contributed by atoms with Crippen LogP contribution in [0, 0.1) is 13.8 Å². The molecule has 1 aliphatic rings. The molecule has 2 rings (SSSR count). The lowest BCUT2D eigenvalue weighted by Gasteiger charge is -2.34. The summed E-state index contributed by atoms with van der Waals surface area (Å²) in [5.41, 5.74) is 4.01. The Hall–Kier alpha value is -1.11. The highest BCUT2D eigenvalue weighted by molar-refractivity contribution is 7.85. The molecule has 22 heavy (non-hydrogen) atoms. The zero-order chi connectivity index (χ0) is 16.2. The van der Waals surface area contributed by atoms with Gasteiger partial charge in [0, 0.05) is 11.4 Å². The van der Waals surface area contributed by atoms with E-state index in [2.05, 4.69) is 36.9 Å². The Morgan fingerprint density at radius 1 is 1.18 bits per heavy atom. The molecule has 0 atom stereocenters. The SMILES string of the molecule is Cc1cccc(N2CC[NH+](CCCCS(=O)(=O)[O-])CC2)c1C. The normalized spacial score (nSPS) is 17.0. The number of hydrogen-bond donors (Lipinski definition) is 1. The number of piperazine rings is 1. The van der Waals surface area contributed by atoms with Gasteiger partial charge in [-0.25, -0.2) is 8.42 Å². The predicted molar refractivity (Wildman–Crippen MR) is 87.5 cm³/mol. The number of benzene rings is 1. The average Bonchev–Trinajstić information content (AvgIpc) is 2.46. The van der Waals surface area contributed by atoms with Crippen molar-refractivity contribution in [3.63, 3.8) is 0 Å². The second kappa shape index (κ2) is 7.44. The molecular formula is C16H26N2O3S. The smallest absolute Gasteiger partial charge is 0.0949 e. The number of hydrogen-bond acceptors (Lipinski definition) is 4. The molecule has 1 aromatic carbocycles. The van der Waals surface area contributed by atoms with Crippen molar-refractivity contribution in [3.8, 4) is 0 Å². The summed E-state index contributed by atoms with van der Waals surface area (Å²) in [6, 6.07) is 6.44. The molecule has 0 bridgehead atoms. The number of nitrogens with one attached hydrogen (secondary N) is 1. The van der Waals surface area contributed by atoms with Crippen molar-refractivity contribution in [1.29, 1.82) is 0 Å². The zero-order valence-corrected chi connectivity index (χ0v) is 14.3. The van der Waals surface area contributed by atoms with Crippen LogP contribution >= 0.6 is 0 Å². The van der Waals surface area contributed by atoms with E-state index in [1.54, 1.807) is 0 Å². The van der Waals surface area contributed by atoms with Crippen LogP contribution in [0.4, 0.5) is 5.69 Å². The lowest BCUT2D eigenvalue weighted by molar-refractivity contribution is -0.900. The van der Waals surface area contributed by atoms with E-state index in [1.807, 2.05) is 0 Å². The summed E-state index contributed by atoms with van der Waals surface area (Å²) in [5.74, 6) is -0.227. The van der Waals surface area contributed by atoms with Gasteiger partial charge in [-0.3, -0.25) is 0 Å². The van der Waals surface area contributed by atoms with Gasteiger partial charge in [0.05, 0.1) is 42.8 Å². The first-order chi connectivity index (χ1) is 10.4. The fourth-order valence-electron chi connectivity index (χ4n) is 3.05. The van der Waals surface area contributed by atoms with Gasteiger partial charge < -0.3 is 14.4 Å². The van der Waals surface area contributed by atoms with E-state index in [0.717, 1.165) is 39.1 Å². The average molecular weight is 326 g/mol. The monoisotopic (exact) mass is 326 g/mol. The van der Waals surface area contributed by atoms with E-state index in [0.29, 0.717) is 6.42 Å². The topological polar surface area (TPSA) is 64.9 Å². The van der Waals surface area contributed by atoms with Crippen LogP contribution in [-0.2, 0) is 10.1 Å². The standard InChI is InChI=1S/C16H26N2O3S/c1-14-6-5-7-16(15(14)2)18-11-9-17(10-12-18)8-3-4-13-22(19,20)21/h5-7H,3-4,8-13H2,1-2H3,(H,19,20,21). The Bertz CT molecular complexity index is 593. The summed E-state index contributed by atoms with van der Waals surface area (Å²) in [7, 11) is -4.05. The van der Waals surface area contributed by atoms with Crippen molar-refractivity contribution >= 4 is 15.8 Å². The number of unbranched alkanes of at least 4 members (excludes halogenated alkanes) is 1. The molecule has 0 amide bonds. The van der Waals surface area contributed by atoms with Gasteiger partial charge in [-0.2, -0.15) is 0 Å². The summed E-state index contributed by atoms with van der Waals surface area (Å²) in [5, 5.41) is 0. The van der Waals surface area contributed by atoms with E-state index >= 15 is 0 Å². The maximum absolute atomic E-state index is 10.6. The highest BCUT2D eigenvalue weighted by Crippen LogP contribution is 2.22. The van der Waals surface area contributed by atoms with Gasteiger partial charge >= 0.3 is 0 Å². The molecule has 0 unspecified atom stereocenters. The molecule has 1 saturated heterocycles. The fraction of sp³-hybridized carbons (Fsp3) is 0.625. The van der Waals surface area contributed by atoms with Crippen LogP contribution in [0.15, 0.2) is 18.2 Å². The Labute approximate surface area is 133 Å². The van der Waals surface area contributed by atoms with Gasteiger partial charge in [-0.15, -0.1) is 0 Å². The molecule has 5 nitrogen and oxygen atoms in total. The molecule has 1 aliphatic heterocycles. The number of anilines is 1. The molecular weight excluding hydrogens is 300 g/mol. The van der Waals surface area contributed by atoms with Crippen LogP contribution in [0.1, 0.15) is 24.0 Å². The molecule has 124 valence electrons. The summed E-state index contributed by atoms with van der Waals surface area (Å²) in [6.07, 6.45) is 1.29. The first-order valence-electron chi connectivity index (χ1n) is 7.95. The molecule has 1 fully saturated rings. The van der Waals surface area contributed by atoms with Gasteiger partial charge in [0.15, 0.2) is 0 Å². The van der Waals surface area contributed by atoms with Crippen LogP contribution in [0.25, 0.3) is 0 Å². The summed E-state index contributed by atoms with van der Waals surface area (Å²) >= 11 is 0. The third-order valence-corrected chi connectivity index (χ3v) is 5.35. The highest BCUT2D eigenvalue weighted by Gasteiger charge is 2.20. The van der Waals surface area contributed by atoms with Crippen LogP contribution in [0.3, 0.4) is 0 Å². The minimum atomic E-state index is -4.05. The van der Waals surface area contributed by atoms with Crippen molar-refractivity contribution in [2.75, 3.05) is 43.4 Å². The maximum Gasteiger partial charge on any atom is 0.0949 e. The molecule has 6 heteroatoms. The second-order valence-electron chi connectivity index (χ2n) is 6.17. The molecule has 0 spiro atoms. The van der Waals surface area contributed by atoms with E-state index in [-0.39, 0.29) is 5.75 Å². The second-order valence-corrected chi connectivity index (χ2v) is 7.70. The zero-order valence-electron chi connectivity index (χ0n) is 13.5. The van der Waals surface area contributed by atoms with Gasteiger partial charge in [0.1, 0.15) is 0 Å². The third-order valence-electron chi connectivity index (χ3n) is 4.56. The van der Waals surface area contributed by atoms with Gasteiger partial charge in [-0.05, 0) is 43.9 Å². The quantitative estimate of drug-likeness (QED) is 0.604. The maximum atomic E-state index is 10.6. The van der Waals surface area contributed by atoms with Gasteiger partial charge in [0.2, 0.25) is 0 Å². The third kappa shape index (κ3) is 4.97. The fourth-order valence-corrected chi connectivity index (χ4v) is 3.60. The predicted octanol–water partition coefficient (Wildman–Crippen LogP) is 0.334. The van der Waals surface area contributed by atoms with Crippen LogP contribution in [0.5, 0.6) is 0 Å². The summed E-state index contributed by atoms with van der Waals surface area (Å²) < 4.78 is 31.7. The van der Waals surface area contributed by atoms with Crippen molar-refractivity contribution < 1.29 is 17.9 Å². The molecule has 0 aromatic heterocycles. The first kappa shape index (κ1) is 17.2. The molecule has 0 saturated carbocycles. The van der Waals surface area contributed by atoms with Crippen molar-refractivity contribution in [1.82, 2.24) is 0 Å². The molecule has 0 radical (unpaired) electrons. The van der Waals surface area contributed by atoms with E-state index < -0.39 is 10.1 Å². The van der Waals surface area contributed by atoms with E-state index in [1.165, 1.54) is 21.7 Å².